The minimum Gasteiger partial charge on any atom is -0.497 e. The summed E-state index contributed by atoms with van der Waals surface area (Å²) < 4.78 is 33.5. The number of carboxylic acid groups (broad SMARTS) is 1. The van der Waals surface area contributed by atoms with E-state index in [1.54, 1.807) is 43.0 Å². The van der Waals surface area contributed by atoms with E-state index < -0.39 is 28.1 Å². The van der Waals surface area contributed by atoms with E-state index in [-0.39, 0.29) is 17.1 Å². The molecule has 2 atom stereocenters. The quantitative estimate of drug-likeness (QED) is 0.347. The number of hydrogen-bond acceptors (Lipinski definition) is 8. The number of hydrogen-bond donors (Lipinski definition) is 3. The lowest BCUT2D eigenvalue weighted by atomic mass is 10.1. The SMILES string of the molecule is COc1ccc(-c2ccc(S(=O)(=O)NC(C[C@@H](O)CSc3nccs3)C(=O)O)cc2)cc1. The zero-order valence-electron chi connectivity index (χ0n) is 17.0. The van der Waals surface area contributed by atoms with Crippen molar-refractivity contribution < 1.29 is 28.2 Å². The number of carbonyl (C=O) groups is 1. The molecule has 2 aromatic carbocycles. The molecule has 1 heterocycles. The van der Waals surface area contributed by atoms with Crippen molar-refractivity contribution in [3.63, 3.8) is 0 Å². The normalized spacial score (nSPS) is 13.4. The van der Waals surface area contributed by atoms with Gasteiger partial charge in [0.1, 0.15) is 16.1 Å². The number of aliphatic hydroxyl groups is 1. The Hall–Kier alpha value is -2.44. The first-order valence-electron chi connectivity index (χ1n) is 9.48. The fraction of sp³-hybridized carbons (Fsp3) is 0.238. The highest BCUT2D eigenvalue weighted by molar-refractivity contribution is 8.01. The number of nitrogens with one attached hydrogen (secondary N) is 1. The van der Waals surface area contributed by atoms with Gasteiger partial charge in [-0.2, -0.15) is 4.72 Å². The van der Waals surface area contributed by atoms with Gasteiger partial charge in [-0.15, -0.1) is 11.3 Å². The van der Waals surface area contributed by atoms with E-state index in [1.807, 2.05) is 12.1 Å². The summed E-state index contributed by atoms with van der Waals surface area (Å²) in [6.07, 6.45) is 0.342. The summed E-state index contributed by atoms with van der Waals surface area (Å²) in [4.78, 5) is 15.6. The highest BCUT2D eigenvalue weighted by Gasteiger charge is 2.28. The summed E-state index contributed by atoms with van der Waals surface area (Å²) >= 11 is 2.69. The molecule has 0 amide bonds. The van der Waals surface area contributed by atoms with Gasteiger partial charge in [0.15, 0.2) is 0 Å². The summed E-state index contributed by atoms with van der Waals surface area (Å²) in [7, 11) is -2.52. The molecular formula is C21H22N2O6S3. The van der Waals surface area contributed by atoms with Gasteiger partial charge in [0, 0.05) is 23.8 Å². The fourth-order valence-electron chi connectivity index (χ4n) is 2.85. The number of thiazole rings is 1. The van der Waals surface area contributed by atoms with Gasteiger partial charge in [-0.1, -0.05) is 36.0 Å². The van der Waals surface area contributed by atoms with Gasteiger partial charge in [-0.05, 0) is 35.4 Å². The molecule has 32 heavy (non-hydrogen) atoms. The number of thioether (sulfide) groups is 1. The number of sulfonamides is 1. The van der Waals surface area contributed by atoms with E-state index in [1.165, 1.54) is 35.2 Å². The number of aliphatic carboxylic acids is 1. The highest BCUT2D eigenvalue weighted by Crippen LogP contribution is 2.25. The molecule has 1 unspecified atom stereocenters. The van der Waals surface area contributed by atoms with Crippen LogP contribution in [0.2, 0.25) is 0 Å². The molecule has 0 saturated carbocycles. The first kappa shape index (κ1) is 24.2. The molecule has 0 aliphatic carbocycles. The van der Waals surface area contributed by atoms with Crippen molar-refractivity contribution in [2.45, 2.75) is 27.8 Å². The van der Waals surface area contributed by atoms with Crippen molar-refractivity contribution in [2.75, 3.05) is 12.9 Å². The fourth-order valence-corrected chi connectivity index (χ4v) is 5.67. The Balaban J connectivity index is 1.65. The molecule has 3 rings (SSSR count). The second-order valence-corrected chi connectivity index (χ2v) is 10.6. The van der Waals surface area contributed by atoms with Gasteiger partial charge in [0.05, 0.1) is 18.1 Å². The first-order valence-corrected chi connectivity index (χ1v) is 12.8. The lowest BCUT2D eigenvalue weighted by molar-refractivity contribution is -0.139. The largest absolute Gasteiger partial charge is 0.497 e. The topological polar surface area (TPSA) is 126 Å². The van der Waals surface area contributed by atoms with Crippen molar-refractivity contribution in [1.82, 2.24) is 9.71 Å². The maximum atomic E-state index is 12.7. The smallest absolute Gasteiger partial charge is 0.321 e. The highest BCUT2D eigenvalue weighted by atomic mass is 32.2. The third kappa shape index (κ3) is 6.53. The van der Waals surface area contributed by atoms with Crippen LogP contribution in [0.25, 0.3) is 11.1 Å². The summed E-state index contributed by atoms with van der Waals surface area (Å²) in [5, 5.41) is 21.4. The second kappa shape index (κ2) is 10.9. The maximum absolute atomic E-state index is 12.7. The third-order valence-electron chi connectivity index (χ3n) is 4.50. The zero-order valence-corrected chi connectivity index (χ0v) is 19.5. The maximum Gasteiger partial charge on any atom is 0.321 e. The molecule has 11 heteroatoms. The predicted molar refractivity (Wildman–Crippen MR) is 124 cm³/mol. The number of aromatic nitrogens is 1. The molecule has 0 aliphatic rings. The molecule has 0 saturated heterocycles. The molecule has 0 aliphatic heterocycles. The van der Waals surface area contributed by atoms with Crippen LogP contribution in [0.1, 0.15) is 6.42 Å². The average Bonchev–Trinajstić information content (AvgIpc) is 3.31. The number of ether oxygens (including phenoxy) is 1. The van der Waals surface area contributed by atoms with Crippen molar-refractivity contribution >= 4 is 39.1 Å². The Morgan fingerprint density at radius 1 is 1.16 bits per heavy atom. The van der Waals surface area contributed by atoms with Gasteiger partial charge in [-0.3, -0.25) is 4.79 Å². The molecule has 0 bridgehead atoms. The Labute approximate surface area is 194 Å². The van der Waals surface area contributed by atoms with Gasteiger partial charge in [0.2, 0.25) is 10.0 Å². The molecule has 8 nitrogen and oxygen atoms in total. The Bertz CT molecular complexity index is 1120. The van der Waals surface area contributed by atoms with Crippen molar-refractivity contribution in [3.8, 4) is 16.9 Å². The van der Waals surface area contributed by atoms with Crippen LogP contribution in [-0.2, 0) is 14.8 Å². The Kier molecular flexibility index (Phi) is 8.26. The summed E-state index contributed by atoms with van der Waals surface area (Å²) in [6.45, 7) is 0. The monoisotopic (exact) mass is 494 g/mol. The van der Waals surface area contributed by atoms with Gasteiger partial charge >= 0.3 is 5.97 Å². The summed E-state index contributed by atoms with van der Waals surface area (Å²) in [5.41, 5.74) is 1.68. The summed E-state index contributed by atoms with van der Waals surface area (Å²) in [6, 6.07) is 12.0. The van der Waals surface area contributed by atoms with Crippen LogP contribution in [-0.4, -0.2) is 54.6 Å². The van der Waals surface area contributed by atoms with E-state index in [9.17, 15) is 23.4 Å². The third-order valence-corrected chi connectivity index (χ3v) is 8.10. The molecular weight excluding hydrogens is 472 g/mol. The van der Waals surface area contributed by atoms with Crippen molar-refractivity contribution in [1.29, 1.82) is 0 Å². The Morgan fingerprint density at radius 2 is 1.78 bits per heavy atom. The van der Waals surface area contributed by atoms with E-state index in [0.717, 1.165) is 15.5 Å². The number of nitrogens with zero attached hydrogens (tertiary/aromatic N) is 1. The second-order valence-electron chi connectivity index (χ2n) is 6.76. The van der Waals surface area contributed by atoms with E-state index in [0.29, 0.717) is 5.75 Å². The van der Waals surface area contributed by atoms with Crippen LogP contribution in [0.3, 0.4) is 0 Å². The molecule has 0 radical (unpaired) electrons. The van der Waals surface area contributed by atoms with Gasteiger partial charge in [0.25, 0.3) is 0 Å². The number of rotatable bonds is 11. The lowest BCUT2D eigenvalue weighted by Crippen LogP contribution is -2.43. The minimum atomic E-state index is -4.10. The van der Waals surface area contributed by atoms with Crippen LogP contribution in [0.15, 0.2) is 69.3 Å². The summed E-state index contributed by atoms with van der Waals surface area (Å²) in [5.74, 6) is -0.443. The molecule has 170 valence electrons. The molecule has 3 aromatic rings. The number of benzene rings is 2. The van der Waals surface area contributed by atoms with Crippen molar-refractivity contribution in [3.05, 3.63) is 60.1 Å². The van der Waals surface area contributed by atoms with Gasteiger partial charge in [-0.25, -0.2) is 13.4 Å². The van der Waals surface area contributed by atoms with Crippen molar-refractivity contribution in [2.24, 2.45) is 0 Å². The number of carboxylic acids is 1. The van der Waals surface area contributed by atoms with E-state index >= 15 is 0 Å². The Morgan fingerprint density at radius 3 is 2.31 bits per heavy atom. The molecule has 1 aromatic heterocycles. The van der Waals surface area contributed by atoms with E-state index in [4.69, 9.17) is 4.74 Å². The zero-order chi connectivity index (χ0) is 23.1. The van der Waals surface area contributed by atoms with Crippen LogP contribution < -0.4 is 9.46 Å². The van der Waals surface area contributed by atoms with Crippen LogP contribution >= 0.6 is 23.1 Å². The molecule has 3 N–H and O–H groups in total. The average molecular weight is 495 g/mol. The minimum absolute atomic E-state index is 0.0623. The van der Waals surface area contributed by atoms with Crippen LogP contribution in [0, 0.1) is 0 Å². The van der Waals surface area contributed by atoms with Gasteiger partial charge < -0.3 is 14.9 Å². The van der Waals surface area contributed by atoms with Crippen LogP contribution in [0.4, 0.5) is 0 Å². The predicted octanol–water partition coefficient (Wildman–Crippen LogP) is 3.09. The van der Waals surface area contributed by atoms with E-state index in [2.05, 4.69) is 9.71 Å². The lowest BCUT2D eigenvalue weighted by Gasteiger charge is -2.18. The molecule has 0 fully saturated rings. The number of methoxy groups -OCH3 is 1. The number of aliphatic hydroxyl groups excluding tert-OH is 1. The first-order chi connectivity index (χ1) is 15.3. The molecule has 0 spiro atoms. The standard InChI is InChI=1S/C21H22N2O6S3/c1-29-17-6-2-14(3-7-17)15-4-8-18(9-5-15)32(27,28)23-19(20(25)26)12-16(24)13-31-21-22-10-11-30-21/h2-11,16,19,23-24H,12-13H2,1H3,(H,25,26)/t16-,19?/m1/s1. The van der Waals surface area contributed by atoms with Crippen LogP contribution in [0.5, 0.6) is 5.75 Å².